The summed E-state index contributed by atoms with van der Waals surface area (Å²) >= 11 is 0. The fourth-order valence-electron chi connectivity index (χ4n) is 4.20. The van der Waals surface area contributed by atoms with Crippen LogP contribution in [0.4, 0.5) is 26.1 Å². The maximum absolute atomic E-state index is 13.6. The molecule has 2 aromatic carbocycles. The zero-order valence-corrected chi connectivity index (χ0v) is 19.2. The molecule has 0 unspecified atom stereocenters. The summed E-state index contributed by atoms with van der Waals surface area (Å²) in [6, 6.07) is 9.75. The average Bonchev–Trinajstić information content (AvgIpc) is 3.20. The second kappa shape index (κ2) is 9.55. The van der Waals surface area contributed by atoms with Crippen molar-refractivity contribution in [2.45, 2.75) is 26.0 Å². The van der Waals surface area contributed by atoms with Crippen LogP contribution in [0.5, 0.6) is 5.75 Å². The van der Waals surface area contributed by atoms with E-state index in [1.807, 2.05) is 26.0 Å². The van der Waals surface area contributed by atoms with Crippen LogP contribution in [0.2, 0.25) is 0 Å². The first-order chi connectivity index (χ1) is 16.4. The molecule has 0 saturated carbocycles. The first kappa shape index (κ1) is 22.5. The molecule has 2 fully saturated rings. The van der Waals surface area contributed by atoms with E-state index in [4.69, 9.17) is 9.47 Å². The first-order valence-corrected chi connectivity index (χ1v) is 11.5. The number of piperazine rings is 1. The van der Waals surface area contributed by atoms with Crippen molar-refractivity contribution in [2.24, 2.45) is 0 Å². The standard InChI is InChI=1S/C24H28F2N6O2/c1-16(2)34-23-11-19(10-20(12-23)30-3-5-31(6-4-30)22-13-33-14-22)28-24-27-15-32(29-24)21-8-17(25)7-18(26)9-21/h7-12,15-16,22H,3-6,13-14H2,1-2H3,(H,28,29). The minimum Gasteiger partial charge on any atom is -0.491 e. The molecule has 180 valence electrons. The predicted molar refractivity (Wildman–Crippen MR) is 125 cm³/mol. The highest BCUT2D eigenvalue weighted by Crippen LogP contribution is 2.30. The molecule has 2 aliphatic rings. The van der Waals surface area contributed by atoms with Gasteiger partial charge in [-0.3, -0.25) is 4.90 Å². The number of anilines is 3. The van der Waals surface area contributed by atoms with Gasteiger partial charge < -0.3 is 19.7 Å². The SMILES string of the molecule is CC(C)Oc1cc(Nc2ncn(-c3cc(F)cc(F)c3)n2)cc(N2CCN(C3COC3)CC2)c1. The van der Waals surface area contributed by atoms with Crippen molar-refractivity contribution in [3.63, 3.8) is 0 Å². The Hall–Kier alpha value is -3.24. The van der Waals surface area contributed by atoms with Gasteiger partial charge in [0.05, 0.1) is 31.0 Å². The van der Waals surface area contributed by atoms with Crippen LogP contribution in [0.3, 0.4) is 0 Å². The minimum atomic E-state index is -0.673. The highest BCUT2D eigenvalue weighted by molar-refractivity contribution is 5.66. The van der Waals surface area contributed by atoms with Crippen LogP contribution in [0, 0.1) is 11.6 Å². The van der Waals surface area contributed by atoms with Crippen molar-refractivity contribution in [1.82, 2.24) is 19.7 Å². The lowest BCUT2D eigenvalue weighted by Gasteiger charge is -2.43. The molecule has 3 heterocycles. The molecule has 0 spiro atoms. The van der Waals surface area contributed by atoms with Crippen LogP contribution in [0.1, 0.15) is 13.8 Å². The zero-order chi connectivity index (χ0) is 23.7. The lowest BCUT2D eigenvalue weighted by Crippen LogP contribution is -2.56. The van der Waals surface area contributed by atoms with Gasteiger partial charge in [0, 0.05) is 55.8 Å². The Labute approximate surface area is 197 Å². The first-order valence-electron chi connectivity index (χ1n) is 11.5. The van der Waals surface area contributed by atoms with E-state index in [0.717, 1.165) is 62.6 Å². The number of nitrogens with zero attached hydrogens (tertiary/aromatic N) is 5. The molecule has 1 aromatic heterocycles. The summed E-state index contributed by atoms with van der Waals surface area (Å²) in [5.74, 6) is -0.287. The summed E-state index contributed by atoms with van der Waals surface area (Å²) in [4.78, 5) is 9.08. The number of hydrogen-bond donors (Lipinski definition) is 1. The van der Waals surface area contributed by atoms with Gasteiger partial charge in [-0.15, -0.1) is 5.10 Å². The summed E-state index contributed by atoms with van der Waals surface area (Å²) in [7, 11) is 0. The molecule has 0 aliphatic carbocycles. The van der Waals surface area contributed by atoms with Gasteiger partial charge in [-0.05, 0) is 32.0 Å². The van der Waals surface area contributed by atoms with Crippen molar-refractivity contribution >= 4 is 17.3 Å². The van der Waals surface area contributed by atoms with E-state index in [0.29, 0.717) is 12.0 Å². The van der Waals surface area contributed by atoms with Gasteiger partial charge in [-0.2, -0.15) is 4.98 Å². The van der Waals surface area contributed by atoms with E-state index in [2.05, 4.69) is 31.3 Å². The molecule has 2 saturated heterocycles. The number of aromatic nitrogens is 3. The largest absolute Gasteiger partial charge is 0.491 e. The fraction of sp³-hybridized carbons (Fsp3) is 0.417. The molecule has 0 atom stereocenters. The third-order valence-electron chi connectivity index (χ3n) is 5.94. The van der Waals surface area contributed by atoms with Gasteiger partial charge in [0.2, 0.25) is 5.95 Å². The van der Waals surface area contributed by atoms with Gasteiger partial charge in [0.25, 0.3) is 0 Å². The topological polar surface area (TPSA) is 67.7 Å². The fourth-order valence-corrected chi connectivity index (χ4v) is 4.20. The molecule has 0 bridgehead atoms. The maximum atomic E-state index is 13.6. The predicted octanol–water partition coefficient (Wildman–Crippen LogP) is 3.60. The van der Waals surface area contributed by atoms with Gasteiger partial charge in [-0.25, -0.2) is 13.5 Å². The molecule has 10 heteroatoms. The third-order valence-corrected chi connectivity index (χ3v) is 5.94. The number of halogens is 2. The van der Waals surface area contributed by atoms with Crippen LogP contribution in [-0.4, -0.2) is 71.2 Å². The Bertz CT molecular complexity index is 1120. The highest BCUT2D eigenvalue weighted by Gasteiger charge is 2.29. The Morgan fingerprint density at radius 3 is 2.35 bits per heavy atom. The number of hydrogen-bond acceptors (Lipinski definition) is 7. The van der Waals surface area contributed by atoms with Crippen LogP contribution in [-0.2, 0) is 4.74 Å². The normalized spacial score (nSPS) is 17.1. The molecule has 3 aromatic rings. The lowest BCUT2D eigenvalue weighted by molar-refractivity contribution is -0.0660. The Balaban J connectivity index is 1.34. The molecule has 34 heavy (non-hydrogen) atoms. The van der Waals surface area contributed by atoms with Crippen molar-refractivity contribution in [2.75, 3.05) is 49.6 Å². The molecule has 2 aliphatic heterocycles. The quantitative estimate of drug-likeness (QED) is 0.566. The third kappa shape index (κ3) is 5.13. The van der Waals surface area contributed by atoms with E-state index in [1.165, 1.54) is 23.1 Å². The molecular formula is C24H28F2N6O2. The molecule has 8 nitrogen and oxygen atoms in total. The van der Waals surface area contributed by atoms with Crippen LogP contribution < -0.4 is 15.0 Å². The smallest absolute Gasteiger partial charge is 0.246 e. The van der Waals surface area contributed by atoms with E-state index >= 15 is 0 Å². The Morgan fingerprint density at radius 1 is 0.971 bits per heavy atom. The second-order valence-electron chi connectivity index (χ2n) is 8.86. The van der Waals surface area contributed by atoms with Crippen molar-refractivity contribution in [1.29, 1.82) is 0 Å². The van der Waals surface area contributed by atoms with Crippen molar-refractivity contribution in [3.05, 3.63) is 54.4 Å². The number of rotatable bonds is 7. The van der Waals surface area contributed by atoms with E-state index < -0.39 is 11.6 Å². The molecule has 0 amide bonds. The number of benzene rings is 2. The van der Waals surface area contributed by atoms with Gasteiger partial charge in [0.1, 0.15) is 23.7 Å². The maximum Gasteiger partial charge on any atom is 0.246 e. The number of nitrogens with one attached hydrogen (secondary N) is 1. The van der Waals surface area contributed by atoms with Crippen LogP contribution in [0.15, 0.2) is 42.7 Å². The van der Waals surface area contributed by atoms with Gasteiger partial charge >= 0.3 is 0 Å². The van der Waals surface area contributed by atoms with Gasteiger partial charge in [0.15, 0.2) is 0 Å². The number of ether oxygens (including phenoxy) is 2. The molecule has 0 radical (unpaired) electrons. The summed E-state index contributed by atoms with van der Waals surface area (Å²) in [6.45, 7) is 9.44. The van der Waals surface area contributed by atoms with E-state index in [1.54, 1.807) is 0 Å². The van der Waals surface area contributed by atoms with Gasteiger partial charge in [-0.1, -0.05) is 0 Å². The summed E-state index contributed by atoms with van der Waals surface area (Å²) in [5, 5.41) is 7.52. The van der Waals surface area contributed by atoms with Crippen molar-refractivity contribution in [3.8, 4) is 11.4 Å². The molecular weight excluding hydrogens is 442 g/mol. The second-order valence-corrected chi connectivity index (χ2v) is 8.86. The Kier molecular flexibility index (Phi) is 6.34. The zero-order valence-electron chi connectivity index (χ0n) is 19.2. The molecule has 1 N–H and O–H groups in total. The van der Waals surface area contributed by atoms with Crippen molar-refractivity contribution < 1.29 is 18.3 Å². The molecule has 5 rings (SSSR count). The van der Waals surface area contributed by atoms with Crippen LogP contribution >= 0.6 is 0 Å². The van der Waals surface area contributed by atoms with E-state index in [9.17, 15) is 8.78 Å². The van der Waals surface area contributed by atoms with Crippen LogP contribution in [0.25, 0.3) is 5.69 Å². The highest BCUT2D eigenvalue weighted by atomic mass is 19.1. The minimum absolute atomic E-state index is 0.0266. The van der Waals surface area contributed by atoms with E-state index in [-0.39, 0.29) is 11.8 Å². The average molecular weight is 471 g/mol. The monoisotopic (exact) mass is 470 g/mol. The summed E-state index contributed by atoms with van der Waals surface area (Å²) in [6.07, 6.45) is 1.44. The lowest BCUT2D eigenvalue weighted by atomic mass is 10.1. The summed E-state index contributed by atoms with van der Waals surface area (Å²) in [5.41, 5.74) is 2.08. The Morgan fingerprint density at radius 2 is 1.71 bits per heavy atom. The summed E-state index contributed by atoms with van der Waals surface area (Å²) < 4.78 is 39.8.